The molecule has 0 atom stereocenters. The Kier molecular flexibility index (Phi) is 73.7. The van der Waals surface area contributed by atoms with E-state index in [1.54, 1.807) is 0 Å². The van der Waals surface area contributed by atoms with Gasteiger partial charge in [-0.1, -0.05) is 6.92 Å². The first-order chi connectivity index (χ1) is 2.27. The monoisotopic (exact) mass is 353 g/mol. The fraction of sp³-hybridized carbons (Fsp3) is 0.667. The molecule has 0 aliphatic carbocycles. The van der Waals surface area contributed by atoms with Crippen LogP contribution in [0.25, 0.3) is 0 Å². The first kappa shape index (κ1) is 29.5. The zero-order valence-corrected chi connectivity index (χ0v) is 15.5. The van der Waals surface area contributed by atoms with Gasteiger partial charge < -0.3 is 13.3 Å². The van der Waals surface area contributed by atoms with Crippen LogP contribution in [0.2, 0.25) is 0 Å². The van der Waals surface area contributed by atoms with Crippen molar-refractivity contribution in [3.63, 3.8) is 0 Å². The van der Waals surface area contributed by atoms with Crippen molar-refractivity contribution in [1.29, 1.82) is 0 Å². The van der Waals surface area contributed by atoms with E-state index in [0.29, 0.717) is 0 Å². The van der Waals surface area contributed by atoms with E-state index < -0.39 is 0 Å². The van der Waals surface area contributed by atoms with Gasteiger partial charge in [0.2, 0.25) is 0 Å². The van der Waals surface area contributed by atoms with Crippen LogP contribution >= 0.6 is 0 Å². The number of hydrogen-bond donors (Lipinski definition) is 0. The molecule has 0 amide bonds. The van der Waals surface area contributed by atoms with Gasteiger partial charge in [0, 0.05) is 98.1 Å². The molecule has 0 fully saturated rings. The summed E-state index contributed by atoms with van der Waals surface area (Å²) in [7, 11) is 0. The van der Waals surface area contributed by atoms with Crippen LogP contribution in [0.5, 0.6) is 0 Å². The van der Waals surface area contributed by atoms with Gasteiger partial charge in [-0.15, -0.1) is 0 Å². The smallest absolute Gasteiger partial charge is 0 e. The largest absolute Gasteiger partial charge is 0.358 e. The van der Waals surface area contributed by atoms with E-state index >= 15 is 0 Å². The molecule has 3 heteroatoms. The summed E-state index contributed by atoms with van der Waals surface area (Å²) in [5.41, 5.74) is 0. The zero-order chi connectivity index (χ0) is 4.28. The molecule has 9 heavy (non-hydrogen) atoms. The predicted octanol–water partition coefficient (Wildman–Crippen LogP) is 2.45. The van der Waals surface area contributed by atoms with Crippen molar-refractivity contribution in [3.05, 3.63) is 13.3 Å². The fourth-order valence-corrected chi connectivity index (χ4v) is 0. The molecule has 0 unspecified atom stereocenters. The average molecular weight is 353 g/mol. The Bertz CT molecular complexity index is 22.3. The summed E-state index contributed by atoms with van der Waals surface area (Å²) in [6.45, 7) is 6.44. The zero-order valence-electron chi connectivity index (χ0n) is 6.94. The third-order valence-corrected chi connectivity index (χ3v) is 0.707. The second-order valence-electron chi connectivity index (χ2n) is 1.56. The predicted molar refractivity (Wildman–Crippen MR) is 31.3 cm³/mol. The molecular weight excluding hydrogens is 339 g/mol. The van der Waals surface area contributed by atoms with E-state index in [2.05, 4.69) is 20.8 Å². The quantitative estimate of drug-likeness (QED) is 0.636. The van der Waals surface area contributed by atoms with Gasteiger partial charge in [-0.2, -0.15) is 20.3 Å². The van der Waals surface area contributed by atoms with Gasteiger partial charge in [-0.05, 0) is 0 Å². The van der Waals surface area contributed by atoms with Gasteiger partial charge in [0.25, 0.3) is 0 Å². The molecular formula is C6H14Y3-2. The maximum Gasteiger partial charge on any atom is 0 e. The minimum absolute atomic E-state index is 0. The van der Waals surface area contributed by atoms with E-state index in [-0.39, 0.29) is 106 Å². The molecule has 49 valence electrons. The van der Waals surface area contributed by atoms with E-state index in [9.17, 15) is 0 Å². The van der Waals surface area contributed by atoms with Crippen molar-refractivity contribution in [2.75, 3.05) is 0 Å². The molecule has 0 saturated heterocycles. The van der Waals surface area contributed by atoms with Crippen LogP contribution in [0.15, 0.2) is 0 Å². The van der Waals surface area contributed by atoms with Crippen molar-refractivity contribution in [1.82, 2.24) is 0 Å². The Morgan fingerprint density at radius 1 is 1.00 bits per heavy atom. The summed E-state index contributed by atoms with van der Waals surface area (Å²) in [5.74, 6) is 1.50. The minimum atomic E-state index is 0. The van der Waals surface area contributed by atoms with E-state index in [1.807, 2.05) is 0 Å². The third kappa shape index (κ3) is 34.8. The Hall–Kier alpha value is 3.31. The van der Waals surface area contributed by atoms with Gasteiger partial charge in [0.05, 0.1) is 0 Å². The Balaban J connectivity index is -0.0000000133. The normalized spacial score (nSPS) is 5.33. The Labute approximate surface area is 136 Å². The van der Waals surface area contributed by atoms with E-state index in [1.165, 1.54) is 12.3 Å². The standard InChI is InChI=1S/C5H11.CH3.3Y/c1-4-5(2)3;;;;/h4H2,1-3H3;1H3;;;/q2*-1;;;. The molecule has 3 radical (unpaired) electrons. The summed E-state index contributed by atoms with van der Waals surface area (Å²) in [6.07, 6.45) is 1.22. The first-order valence-electron chi connectivity index (χ1n) is 2.06. The van der Waals surface area contributed by atoms with Crippen LogP contribution in [-0.2, 0) is 98.1 Å². The minimum Gasteiger partial charge on any atom is -0.358 e. The topological polar surface area (TPSA) is 0 Å². The second-order valence-corrected chi connectivity index (χ2v) is 1.56. The van der Waals surface area contributed by atoms with Crippen molar-refractivity contribution in [3.8, 4) is 0 Å². The molecule has 0 aromatic carbocycles. The van der Waals surface area contributed by atoms with Crippen LogP contribution < -0.4 is 0 Å². The van der Waals surface area contributed by atoms with Gasteiger partial charge >= 0.3 is 0 Å². The molecule has 0 aliphatic rings. The molecule has 0 spiro atoms. The molecule has 0 bridgehead atoms. The van der Waals surface area contributed by atoms with Crippen molar-refractivity contribution < 1.29 is 98.1 Å². The molecule has 0 aliphatic heterocycles. The van der Waals surface area contributed by atoms with Crippen molar-refractivity contribution in [2.45, 2.75) is 27.2 Å². The molecule has 0 aromatic rings. The van der Waals surface area contributed by atoms with Gasteiger partial charge in [0.1, 0.15) is 0 Å². The van der Waals surface area contributed by atoms with Gasteiger partial charge in [0.15, 0.2) is 0 Å². The van der Waals surface area contributed by atoms with Crippen LogP contribution in [0, 0.1) is 13.3 Å². The van der Waals surface area contributed by atoms with Crippen molar-refractivity contribution in [2.24, 2.45) is 0 Å². The average Bonchev–Trinajstić information content (AvgIpc) is 1.38. The SMILES string of the molecule is CC[C-](C)C.[CH3-].[Y].[Y].[Y]. The molecule has 0 nitrogen and oxygen atoms in total. The van der Waals surface area contributed by atoms with E-state index in [0.717, 1.165) is 0 Å². The molecule has 0 aromatic heterocycles. The van der Waals surface area contributed by atoms with E-state index in [4.69, 9.17) is 0 Å². The van der Waals surface area contributed by atoms with Crippen LogP contribution in [-0.4, -0.2) is 0 Å². The third-order valence-electron chi connectivity index (χ3n) is 0.707. The summed E-state index contributed by atoms with van der Waals surface area (Å²) < 4.78 is 0. The summed E-state index contributed by atoms with van der Waals surface area (Å²) in [4.78, 5) is 0. The van der Waals surface area contributed by atoms with Gasteiger partial charge in [-0.3, -0.25) is 0 Å². The van der Waals surface area contributed by atoms with Crippen LogP contribution in [0.4, 0.5) is 0 Å². The summed E-state index contributed by atoms with van der Waals surface area (Å²) in [5, 5.41) is 0. The number of hydrogen-bond acceptors (Lipinski definition) is 0. The Morgan fingerprint density at radius 2 is 1.11 bits per heavy atom. The first-order valence-corrected chi connectivity index (χ1v) is 2.06. The Morgan fingerprint density at radius 3 is 1.11 bits per heavy atom. The molecule has 0 N–H and O–H groups in total. The maximum atomic E-state index is 2.16. The second kappa shape index (κ2) is 22.5. The fourth-order valence-electron chi connectivity index (χ4n) is 0. The molecule has 0 heterocycles. The van der Waals surface area contributed by atoms with Crippen LogP contribution in [0.3, 0.4) is 0 Å². The molecule has 0 saturated carbocycles. The molecule has 0 rings (SSSR count). The summed E-state index contributed by atoms with van der Waals surface area (Å²) in [6, 6.07) is 0. The van der Waals surface area contributed by atoms with Crippen molar-refractivity contribution >= 4 is 0 Å². The van der Waals surface area contributed by atoms with Crippen LogP contribution in [0.1, 0.15) is 27.2 Å². The maximum absolute atomic E-state index is 2.16. The number of rotatable bonds is 1. The summed E-state index contributed by atoms with van der Waals surface area (Å²) >= 11 is 0. The van der Waals surface area contributed by atoms with Gasteiger partial charge in [-0.25, -0.2) is 0 Å².